The van der Waals surface area contributed by atoms with Gasteiger partial charge < -0.3 is 15.2 Å². The number of hydrogen-bond donors (Lipinski definition) is 2. The monoisotopic (exact) mass is 355 g/mol. The molecule has 0 radical (unpaired) electrons. The van der Waals surface area contributed by atoms with Gasteiger partial charge in [-0.1, -0.05) is 5.16 Å². The Bertz CT molecular complexity index is 751. The molecule has 1 unspecified atom stereocenters. The average Bonchev–Trinajstić information content (AvgIpc) is 3.21. The Balaban J connectivity index is 1.62. The van der Waals surface area contributed by atoms with Crippen molar-refractivity contribution in [2.24, 2.45) is 5.92 Å². The molecule has 0 spiro atoms. The van der Waals surface area contributed by atoms with E-state index in [1.165, 1.54) is 0 Å². The second kappa shape index (κ2) is 6.54. The number of aryl methyl sites for hydroxylation is 1. The van der Waals surface area contributed by atoms with Gasteiger partial charge >= 0.3 is 0 Å². The van der Waals surface area contributed by atoms with E-state index in [1.807, 2.05) is 0 Å². The summed E-state index contributed by atoms with van der Waals surface area (Å²) in [5.74, 6) is -0.0774. The first-order valence-electron chi connectivity index (χ1n) is 8.04. The van der Waals surface area contributed by atoms with Crippen LogP contribution in [0.25, 0.3) is 0 Å². The summed E-state index contributed by atoms with van der Waals surface area (Å²) in [6.07, 6.45) is 4.91. The molecule has 24 heavy (non-hydrogen) atoms. The van der Waals surface area contributed by atoms with Crippen molar-refractivity contribution in [3.63, 3.8) is 0 Å². The highest BCUT2D eigenvalue weighted by atomic mass is 32.2. The minimum absolute atomic E-state index is 0.221. The Labute approximate surface area is 140 Å². The summed E-state index contributed by atoms with van der Waals surface area (Å²) in [4.78, 5) is 24.0. The van der Waals surface area contributed by atoms with Crippen LogP contribution >= 0.6 is 0 Å². The van der Waals surface area contributed by atoms with Gasteiger partial charge in [-0.05, 0) is 31.6 Å². The van der Waals surface area contributed by atoms with Crippen LogP contribution in [0.1, 0.15) is 41.1 Å². The number of nitrogens with zero attached hydrogens (tertiary/aromatic N) is 1. The third-order valence-corrected chi connectivity index (χ3v) is 5.05. The molecule has 8 nitrogen and oxygen atoms in total. The fourth-order valence-corrected chi connectivity index (χ4v) is 3.42. The van der Waals surface area contributed by atoms with Crippen LogP contribution in [-0.4, -0.2) is 50.0 Å². The molecule has 1 saturated carbocycles. The molecule has 1 atom stereocenters. The SMILES string of the molecule is CS(=O)(=O)CC(=O)NC1CCc2onc(C(=O)NCC3CC3)c2C1. The number of amides is 2. The number of aromatic nitrogens is 1. The molecule has 1 aromatic heterocycles. The lowest BCUT2D eigenvalue weighted by Crippen LogP contribution is -2.41. The van der Waals surface area contributed by atoms with Crippen LogP contribution in [0.2, 0.25) is 0 Å². The maximum atomic E-state index is 12.2. The van der Waals surface area contributed by atoms with Gasteiger partial charge in [0, 0.05) is 30.8 Å². The van der Waals surface area contributed by atoms with Gasteiger partial charge in [-0.15, -0.1) is 0 Å². The number of carbonyl (C=O) groups is 2. The van der Waals surface area contributed by atoms with E-state index in [9.17, 15) is 18.0 Å². The molecule has 0 aromatic carbocycles. The van der Waals surface area contributed by atoms with E-state index in [0.29, 0.717) is 43.0 Å². The predicted octanol–water partition coefficient (Wildman–Crippen LogP) is -0.167. The van der Waals surface area contributed by atoms with E-state index < -0.39 is 21.5 Å². The lowest BCUT2D eigenvalue weighted by atomic mass is 9.92. The molecule has 2 N–H and O–H groups in total. The Hall–Kier alpha value is -1.90. The second-order valence-electron chi connectivity index (χ2n) is 6.66. The Kier molecular flexibility index (Phi) is 4.62. The van der Waals surface area contributed by atoms with E-state index in [0.717, 1.165) is 19.1 Å². The highest BCUT2D eigenvalue weighted by Gasteiger charge is 2.30. The zero-order valence-electron chi connectivity index (χ0n) is 13.5. The largest absolute Gasteiger partial charge is 0.360 e. The number of sulfone groups is 1. The van der Waals surface area contributed by atoms with Gasteiger partial charge in [-0.3, -0.25) is 9.59 Å². The second-order valence-corrected chi connectivity index (χ2v) is 8.80. The summed E-state index contributed by atoms with van der Waals surface area (Å²) in [6.45, 7) is 0.648. The molecule has 1 aromatic rings. The Morgan fingerprint density at radius 2 is 2.04 bits per heavy atom. The first-order chi connectivity index (χ1) is 11.3. The van der Waals surface area contributed by atoms with Gasteiger partial charge in [0.15, 0.2) is 15.5 Å². The van der Waals surface area contributed by atoms with Crippen LogP contribution in [0.5, 0.6) is 0 Å². The summed E-state index contributed by atoms with van der Waals surface area (Å²) in [7, 11) is -3.36. The smallest absolute Gasteiger partial charge is 0.273 e. The summed E-state index contributed by atoms with van der Waals surface area (Å²) < 4.78 is 27.6. The number of carbonyl (C=O) groups excluding carboxylic acids is 2. The molecule has 132 valence electrons. The normalized spacial score (nSPS) is 20.3. The molecule has 2 aliphatic carbocycles. The molecular weight excluding hydrogens is 334 g/mol. The van der Waals surface area contributed by atoms with Gasteiger partial charge in [-0.2, -0.15) is 0 Å². The number of hydrogen-bond acceptors (Lipinski definition) is 6. The molecule has 3 rings (SSSR count). The molecule has 1 fully saturated rings. The van der Waals surface area contributed by atoms with Crippen molar-refractivity contribution in [1.29, 1.82) is 0 Å². The van der Waals surface area contributed by atoms with Gasteiger partial charge in [0.05, 0.1) is 0 Å². The van der Waals surface area contributed by atoms with Crippen molar-refractivity contribution in [3.05, 3.63) is 17.0 Å². The highest BCUT2D eigenvalue weighted by molar-refractivity contribution is 7.91. The van der Waals surface area contributed by atoms with Crippen LogP contribution in [0.3, 0.4) is 0 Å². The van der Waals surface area contributed by atoms with Gasteiger partial charge in [0.1, 0.15) is 11.5 Å². The quantitative estimate of drug-likeness (QED) is 0.731. The zero-order chi connectivity index (χ0) is 17.3. The molecule has 0 saturated heterocycles. The van der Waals surface area contributed by atoms with E-state index in [2.05, 4.69) is 15.8 Å². The van der Waals surface area contributed by atoms with Crippen molar-refractivity contribution < 1.29 is 22.5 Å². The maximum absolute atomic E-state index is 12.2. The van der Waals surface area contributed by atoms with Crippen molar-refractivity contribution in [2.45, 2.75) is 38.1 Å². The first-order valence-corrected chi connectivity index (χ1v) is 10.1. The van der Waals surface area contributed by atoms with Crippen LogP contribution < -0.4 is 10.6 Å². The Morgan fingerprint density at radius 3 is 2.71 bits per heavy atom. The van der Waals surface area contributed by atoms with Gasteiger partial charge in [-0.25, -0.2) is 8.42 Å². The summed E-state index contributed by atoms with van der Waals surface area (Å²) in [6, 6.07) is -0.221. The first kappa shape index (κ1) is 16.9. The van der Waals surface area contributed by atoms with Crippen LogP contribution in [0.15, 0.2) is 4.52 Å². The topological polar surface area (TPSA) is 118 Å². The van der Waals surface area contributed by atoms with Crippen molar-refractivity contribution in [1.82, 2.24) is 15.8 Å². The summed E-state index contributed by atoms with van der Waals surface area (Å²) in [5.41, 5.74) is 0.979. The maximum Gasteiger partial charge on any atom is 0.273 e. The van der Waals surface area contributed by atoms with Crippen molar-refractivity contribution in [3.8, 4) is 0 Å². The van der Waals surface area contributed by atoms with Gasteiger partial charge in [0.2, 0.25) is 5.91 Å². The van der Waals surface area contributed by atoms with E-state index >= 15 is 0 Å². The Morgan fingerprint density at radius 1 is 1.29 bits per heavy atom. The molecule has 0 aliphatic heterocycles. The molecule has 1 heterocycles. The van der Waals surface area contributed by atoms with Crippen LogP contribution in [-0.2, 0) is 27.5 Å². The standard InChI is InChI=1S/C15H21N3O5S/c1-24(21,22)8-13(19)17-10-4-5-12-11(6-10)14(18-23-12)15(20)16-7-9-2-3-9/h9-10H,2-8H2,1H3,(H,16,20)(H,17,19). The third-order valence-electron chi connectivity index (χ3n) is 4.26. The number of rotatable bonds is 6. The van der Waals surface area contributed by atoms with E-state index in [-0.39, 0.29) is 17.6 Å². The fourth-order valence-electron chi connectivity index (χ4n) is 2.86. The lowest BCUT2D eigenvalue weighted by Gasteiger charge is -2.22. The summed E-state index contributed by atoms with van der Waals surface area (Å²) >= 11 is 0. The lowest BCUT2D eigenvalue weighted by molar-refractivity contribution is -0.119. The molecule has 0 bridgehead atoms. The zero-order valence-corrected chi connectivity index (χ0v) is 14.3. The molecule has 2 aliphatic rings. The number of fused-ring (bicyclic) bond motifs is 1. The predicted molar refractivity (Wildman–Crippen MR) is 85.2 cm³/mol. The summed E-state index contributed by atoms with van der Waals surface area (Å²) in [5, 5.41) is 9.44. The minimum Gasteiger partial charge on any atom is -0.360 e. The number of nitrogens with one attached hydrogen (secondary N) is 2. The highest BCUT2D eigenvalue weighted by Crippen LogP contribution is 2.28. The van der Waals surface area contributed by atoms with Gasteiger partial charge in [0.25, 0.3) is 5.91 Å². The third kappa shape index (κ3) is 4.34. The van der Waals surface area contributed by atoms with E-state index in [1.54, 1.807) is 0 Å². The van der Waals surface area contributed by atoms with Crippen molar-refractivity contribution in [2.75, 3.05) is 18.6 Å². The van der Waals surface area contributed by atoms with Crippen LogP contribution in [0, 0.1) is 5.92 Å². The van der Waals surface area contributed by atoms with E-state index in [4.69, 9.17) is 4.52 Å². The minimum atomic E-state index is -3.36. The molecule has 2 amide bonds. The average molecular weight is 355 g/mol. The fraction of sp³-hybridized carbons (Fsp3) is 0.667. The van der Waals surface area contributed by atoms with Crippen LogP contribution in [0.4, 0.5) is 0 Å². The molecular formula is C15H21N3O5S. The molecule has 9 heteroatoms. The van der Waals surface area contributed by atoms with Crippen molar-refractivity contribution >= 4 is 21.7 Å².